The smallest absolute Gasteiger partial charge is 0.331 e. The molecule has 1 aromatic carbocycles. The first-order valence-corrected chi connectivity index (χ1v) is 6.60. The first-order valence-electron chi connectivity index (χ1n) is 6.60. The zero-order valence-electron chi connectivity index (χ0n) is 12.2. The molecule has 0 saturated carbocycles. The Hall–Kier alpha value is -2.70. The van der Waals surface area contributed by atoms with Crippen molar-refractivity contribution in [3.05, 3.63) is 68.7 Å². The zero-order valence-corrected chi connectivity index (χ0v) is 12.2. The van der Waals surface area contributed by atoms with Crippen LogP contribution in [0.25, 0.3) is 0 Å². The van der Waals surface area contributed by atoms with E-state index in [4.69, 9.17) is 4.74 Å². The number of aromatic nitrogens is 2. The molecule has 0 amide bonds. The van der Waals surface area contributed by atoms with Crippen molar-refractivity contribution in [1.29, 1.82) is 0 Å². The van der Waals surface area contributed by atoms with Crippen LogP contribution in [0.1, 0.15) is 18.6 Å². The van der Waals surface area contributed by atoms with Crippen LogP contribution in [0.3, 0.4) is 0 Å². The van der Waals surface area contributed by atoms with Crippen molar-refractivity contribution < 1.29 is 13.9 Å². The van der Waals surface area contributed by atoms with Gasteiger partial charge in [-0.3, -0.25) is 18.7 Å². The molecule has 22 heavy (non-hydrogen) atoms. The molecule has 0 fully saturated rings. The Labute approximate surface area is 125 Å². The van der Waals surface area contributed by atoms with E-state index in [0.717, 1.165) is 9.13 Å². The highest BCUT2D eigenvalue weighted by Crippen LogP contribution is 2.17. The van der Waals surface area contributed by atoms with Crippen molar-refractivity contribution in [3.63, 3.8) is 0 Å². The quantitative estimate of drug-likeness (QED) is 0.790. The minimum Gasteiger partial charge on any atom is -0.456 e. The van der Waals surface area contributed by atoms with Gasteiger partial charge in [0.1, 0.15) is 18.5 Å². The van der Waals surface area contributed by atoms with Gasteiger partial charge in [-0.2, -0.15) is 0 Å². The zero-order chi connectivity index (χ0) is 16.3. The number of hydrogen-bond acceptors (Lipinski definition) is 4. The summed E-state index contributed by atoms with van der Waals surface area (Å²) in [6.45, 7) is 1.28. The molecule has 0 aliphatic heterocycles. The molecule has 0 radical (unpaired) electrons. The molecule has 6 nitrogen and oxygen atoms in total. The molecule has 2 aromatic rings. The molecule has 0 aliphatic rings. The lowest BCUT2D eigenvalue weighted by atomic mass is 10.1. The van der Waals surface area contributed by atoms with Crippen molar-refractivity contribution in [2.75, 3.05) is 0 Å². The van der Waals surface area contributed by atoms with Gasteiger partial charge in [0.25, 0.3) is 5.56 Å². The van der Waals surface area contributed by atoms with E-state index in [1.807, 2.05) is 0 Å². The second kappa shape index (κ2) is 6.38. The van der Waals surface area contributed by atoms with Crippen LogP contribution in [0.15, 0.2) is 46.1 Å². The van der Waals surface area contributed by atoms with Crippen LogP contribution < -0.4 is 11.2 Å². The summed E-state index contributed by atoms with van der Waals surface area (Å²) in [7, 11) is 1.32. The number of benzene rings is 1. The number of hydrogen-bond donors (Lipinski definition) is 0. The Morgan fingerprint density at radius 1 is 1.32 bits per heavy atom. The van der Waals surface area contributed by atoms with E-state index in [-0.39, 0.29) is 6.54 Å². The van der Waals surface area contributed by atoms with Gasteiger partial charge in [0.05, 0.1) is 0 Å². The molecule has 0 spiro atoms. The molecule has 1 heterocycles. The Morgan fingerprint density at radius 2 is 2.05 bits per heavy atom. The lowest BCUT2D eigenvalue weighted by molar-refractivity contribution is -0.149. The molecule has 0 bridgehead atoms. The summed E-state index contributed by atoms with van der Waals surface area (Å²) in [6, 6.07) is 6.91. The fourth-order valence-electron chi connectivity index (χ4n) is 1.94. The van der Waals surface area contributed by atoms with Crippen LogP contribution in [0.2, 0.25) is 0 Å². The number of carbonyl (C=O) groups excluding carboxylic acids is 1. The van der Waals surface area contributed by atoms with Crippen LogP contribution in [-0.4, -0.2) is 15.1 Å². The molecule has 0 aliphatic carbocycles. The summed E-state index contributed by atoms with van der Waals surface area (Å²) in [6.07, 6.45) is 0.588. The van der Waals surface area contributed by atoms with Gasteiger partial charge < -0.3 is 4.74 Å². The average molecular weight is 306 g/mol. The summed E-state index contributed by atoms with van der Waals surface area (Å²) in [5.41, 5.74) is -0.549. The molecular formula is C15H15FN2O4. The van der Waals surface area contributed by atoms with Gasteiger partial charge in [-0.25, -0.2) is 9.18 Å². The highest BCUT2D eigenvalue weighted by molar-refractivity contribution is 5.69. The van der Waals surface area contributed by atoms with Crippen molar-refractivity contribution in [1.82, 2.24) is 9.13 Å². The van der Waals surface area contributed by atoms with Gasteiger partial charge >= 0.3 is 11.7 Å². The number of halogens is 1. The van der Waals surface area contributed by atoms with E-state index < -0.39 is 29.1 Å². The second-order valence-electron chi connectivity index (χ2n) is 4.81. The Morgan fingerprint density at radius 3 is 2.73 bits per heavy atom. The van der Waals surface area contributed by atoms with Gasteiger partial charge in [-0.15, -0.1) is 0 Å². The van der Waals surface area contributed by atoms with Crippen molar-refractivity contribution in [2.45, 2.75) is 19.6 Å². The predicted molar refractivity (Wildman–Crippen MR) is 76.9 cm³/mol. The minimum atomic E-state index is -0.655. The fourth-order valence-corrected chi connectivity index (χ4v) is 1.94. The standard InChI is InChI=1S/C15H15FN2O4/c1-10(11-4-3-5-12(16)8-11)22-14(20)9-18-7-6-13(19)17(2)15(18)21/h3-8,10H,9H2,1-2H3. The lowest BCUT2D eigenvalue weighted by Crippen LogP contribution is -2.38. The fraction of sp³-hybridized carbons (Fsp3) is 0.267. The summed E-state index contributed by atoms with van der Waals surface area (Å²) in [5.74, 6) is -1.08. The van der Waals surface area contributed by atoms with Crippen LogP contribution in [0, 0.1) is 5.82 Å². The number of rotatable bonds is 4. The van der Waals surface area contributed by atoms with Crippen molar-refractivity contribution in [3.8, 4) is 0 Å². The summed E-state index contributed by atoms with van der Waals surface area (Å²) in [4.78, 5) is 34.9. The second-order valence-corrected chi connectivity index (χ2v) is 4.81. The number of carbonyl (C=O) groups is 1. The van der Waals surface area contributed by atoms with E-state index in [9.17, 15) is 18.8 Å². The monoisotopic (exact) mass is 306 g/mol. The van der Waals surface area contributed by atoms with Crippen LogP contribution in [0.4, 0.5) is 4.39 Å². The molecule has 1 atom stereocenters. The Balaban J connectivity index is 2.09. The highest BCUT2D eigenvalue weighted by atomic mass is 19.1. The van der Waals surface area contributed by atoms with Crippen molar-refractivity contribution in [2.24, 2.45) is 7.05 Å². The Kier molecular flexibility index (Phi) is 4.55. The topological polar surface area (TPSA) is 70.3 Å². The van der Waals surface area contributed by atoms with Gasteiger partial charge in [0.2, 0.25) is 0 Å². The highest BCUT2D eigenvalue weighted by Gasteiger charge is 2.14. The summed E-state index contributed by atoms with van der Waals surface area (Å²) in [5, 5.41) is 0. The van der Waals surface area contributed by atoms with Gasteiger partial charge in [-0.1, -0.05) is 12.1 Å². The normalized spacial score (nSPS) is 12.0. The third kappa shape index (κ3) is 3.49. The maximum absolute atomic E-state index is 13.1. The van der Waals surface area contributed by atoms with Crippen molar-refractivity contribution >= 4 is 5.97 Å². The van der Waals surface area contributed by atoms with E-state index >= 15 is 0 Å². The molecule has 116 valence electrons. The lowest BCUT2D eigenvalue weighted by Gasteiger charge is -2.14. The summed E-state index contributed by atoms with van der Waals surface area (Å²) < 4.78 is 20.3. The molecule has 1 unspecified atom stereocenters. The maximum Gasteiger partial charge on any atom is 0.331 e. The van der Waals surface area contributed by atoms with Gasteiger partial charge in [0, 0.05) is 19.3 Å². The molecular weight excluding hydrogens is 291 g/mol. The predicted octanol–water partition coefficient (Wildman–Crippen LogP) is 0.991. The maximum atomic E-state index is 13.1. The number of nitrogens with zero attached hydrogens (tertiary/aromatic N) is 2. The molecule has 7 heteroatoms. The minimum absolute atomic E-state index is 0.327. The van der Waals surface area contributed by atoms with E-state index in [2.05, 4.69) is 0 Å². The largest absolute Gasteiger partial charge is 0.456 e. The third-order valence-corrected chi connectivity index (χ3v) is 3.19. The molecule has 1 aromatic heterocycles. The molecule has 0 N–H and O–H groups in total. The average Bonchev–Trinajstić information content (AvgIpc) is 2.48. The van der Waals surface area contributed by atoms with E-state index in [0.29, 0.717) is 5.56 Å². The van der Waals surface area contributed by atoms with E-state index in [1.165, 1.54) is 37.5 Å². The van der Waals surface area contributed by atoms with Gasteiger partial charge in [-0.05, 0) is 24.6 Å². The SMILES string of the molecule is CC(OC(=O)Cn1ccc(=O)n(C)c1=O)c1cccc(F)c1. The van der Waals surface area contributed by atoms with Crippen LogP contribution in [0.5, 0.6) is 0 Å². The number of ether oxygens (including phenoxy) is 1. The molecule has 0 saturated heterocycles. The molecule has 2 rings (SSSR count). The first kappa shape index (κ1) is 15.7. The van der Waals surface area contributed by atoms with Crippen LogP contribution in [-0.2, 0) is 23.1 Å². The summed E-state index contributed by atoms with van der Waals surface area (Å²) >= 11 is 0. The van der Waals surface area contributed by atoms with Crippen LogP contribution >= 0.6 is 0 Å². The van der Waals surface area contributed by atoms with E-state index in [1.54, 1.807) is 13.0 Å². The Bertz CT molecular complexity index is 810. The third-order valence-electron chi connectivity index (χ3n) is 3.19. The first-order chi connectivity index (χ1) is 10.4. The van der Waals surface area contributed by atoms with Gasteiger partial charge in [0.15, 0.2) is 0 Å². The number of esters is 1.